The summed E-state index contributed by atoms with van der Waals surface area (Å²) in [7, 11) is -2.28. The molecule has 7 nitrogen and oxygen atoms in total. The molecule has 0 spiro atoms. The molecule has 0 bridgehead atoms. The molecule has 2 rings (SSSR count). The van der Waals surface area contributed by atoms with Gasteiger partial charge in [0.15, 0.2) is 0 Å². The summed E-state index contributed by atoms with van der Waals surface area (Å²) in [5.74, 6) is -1.48. The van der Waals surface area contributed by atoms with Gasteiger partial charge in [-0.3, -0.25) is 9.35 Å². The number of carbonyl (C=O) groups excluding carboxylic acids is 2. The average molecular weight is 382 g/mol. The van der Waals surface area contributed by atoms with E-state index in [0.717, 1.165) is 37.7 Å². The van der Waals surface area contributed by atoms with Crippen LogP contribution in [0, 0.1) is 5.92 Å². The number of rotatable bonds is 7. The molecule has 1 aromatic rings. The van der Waals surface area contributed by atoms with Crippen molar-refractivity contribution in [2.75, 3.05) is 12.4 Å². The standard InChI is InChI=1S/C17H23BO7S/c18-11-14-7-6-13(16(19)24-8-9-26(21,22)23)10-15(14)25-17(20)12-4-2-1-3-5-12/h6-7,10,12H,1-5,8-9,11,18H2,(H,21,22,23). The fraction of sp³-hybridized carbons (Fsp3) is 0.529. The van der Waals surface area contributed by atoms with Crippen molar-refractivity contribution in [1.29, 1.82) is 0 Å². The van der Waals surface area contributed by atoms with Crippen molar-refractivity contribution < 1.29 is 32.0 Å². The zero-order chi connectivity index (χ0) is 19.2. The quantitative estimate of drug-likeness (QED) is 0.328. The Morgan fingerprint density at radius 3 is 2.50 bits per heavy atom. The van der Waals surface area contributed by atoms with Gasteiger partial charge in [0.2, 0.25) is 0 Å². The monoisotopic (exact) mass is 382 g/mol. The first-order chi connectivity index (χ1) is 12.3. The molecule has 9 heteroatoms. The Bertz CT molecular complexity index is 754. The minimum atomic E-state index is -4.20. The van der Waals surface area contributed by atoms with Gasteiger partial charge >= 0.3 is 11.9 Å². The van der Waals surface area contributed by atoms with Gasteiger partial charge in [-0.15, -0.1) is 0 Å². The van der Waals surface area contributed by atoms with Crippen LogP contribution >= 0.6 is 0 Å². The Kier molecular flexibility index (Phi) is 7.22. The van der Waals surface area contributed by atoms with Crippen LogP contribution in [0.5, 0.6) is 5.75 Å². The van der Waals surface area contributed by atoms with E-state index in [9.17, 15) is 18.0 Å². The molecule has 0 radical (unpaired) electrons. The fourth-order valence-electron chi connectivity index (χ4n) is 2.92. The van der Waals surface area contributed by atoms with E-state index < -0.39 is 28.4 Å². The third-order valence-electron chi connectivity index (χ3n) is 4.41. The van der Waals surface area contributed by atoms with Gasteiger partial charge in [-0.25, -0.2) is 4.79 Å². The van der Waals surface area contributed by atoms with Crippen molar-refractivity contribution in [1.82, 2.24) is 0 Å². The highest BCUT2D eigenvalue weighted by molar-refractivity contribution is 7.85. The molecule has 1 N–H and O–H groups in total. The normalized spacial score (nSPS) is 15.4. The van der Waals surface area contributed by atoms with Gasteiger partial charge in [0.05, 0.1) is 11.5 Å². The molecule has 0 unspecified atom stereocenters. The Labute approximate surface area is 154 Å². The third-order valence-corrected chi connectivity index (χ3v) is 5.09. The first-order valence-corrected chi connectivity index (χ1v) is 10.4. The molecule has 0 aromatic heterocycles. The molecule has 1 aliphatic carbocycles. The lowest BCUT2D eigenvalue weighted by Gasteiger charge is -2.20. The van der Waals surface area contributed by atoms with E-state index >= 15 is 0 Å². The summed E-state index contributed by atoms with van der Waals surface area (Å²) < 4.78 is 40.4. The fourth-order valence-corrected chi connectivity index (χ4v) is 3.22. The molecule has 0 aliphatic heterocycles. The minimum absolute atomic E-state index is 0.112. The second-order valence-electron chi connectivity index (χ2n) is 6.35. The summed E-state index contributed by atoms with van der Waals surface area (Å²) in [6.07, 6.45) is 5.43. The van der Waals surface area contributed by atoms with E-state index in [1.165, 1.54) is 12.1 Å². The number of carbonyl (C=O) groups is 2. The van der Waals surface area contributed by atoms with Gasteiger partial charge in [-0.05, 0) is 30.5 Å². The summed E-state index contributed by atoms with van der Waals surface area (Å²) in [4.78, 5) is 24.4. The molecule has 0 atom stereocenters. The Hall–Kier alpha value is -1.87. The van der Waals surface area contributed by atoms with Crippen LogP contribution in [-0.4, -0.2) is 45.1 Å². The molecule has 142 valence electrons. The van der Waals surface area contributed by atoms with Crippen LogP contribution in [0.25, 0.3) is 0 Å². The van der Waals surface area contributed by atoms with Gasteiger partial charge in [-0.2, -0.15) is 8.42 Å². The Morgan fingerprint density at radius 2 is 1.88 bits per heavy atom. The number of ether oxygens (including phenoxy) is 2. The van der Waals surface area contributed by atoms with Crippen LogP contribution in [0.15, 0.2) is 18.2 Å². The zero-order valence-electron chi connectivity index (χ0n) is 14.8. The second-order valence-corrected chi connectivity index (χ2v) is 7.93. The highest BCUT2D eigenvalue weighted by atomic mass is 32.2. The van der Waals surface area contributed by atoms with Crippen molar-refractivity contribution in [3.05, 3.63) is 29.3 Å². The summed E-state index contributed by atoms with van der Waals surface area (Å²) >= 11 is 0. The molecule has 26 heavy (non-hydrogen) atoms. The predicted molar refractivity (Wildman–Crippen MR) is 97.6 cm³/mol. The van der Waals surface area contributed by atoms with Crippen molar-refractivity contribution in [2.45, 2.75) is 38.4 Å². The molecule has 1 aromatic carbocycles. The maximum atomic E-state index is 12.4. The van der Waals surface area contributed by atoms with E-state index in [1.807, 2.05) is 7.85 Å². The van der Waals surface area contributed by atoms with Crippen molar-refractivity contribution in [3.8, 4) is 5.75 Å². The molecule has 1 fully saturated rings. The molecular formula is C17H23BO7S. The molecular weight excluding hydrogens is 359 g/mol. The SMILES string of the molecule is BCc1ccc(C(=O)OCCS(=O)(=O)O)cc1OC(=O)C1CCCCC1. The number of esters is 2. The maximum absolute atomic E-state index is 12.4. The summed E-state index contributed by atoms with van der Waals surface area (Å²) in [5, 5.41) is 0. The third kappa shape index (κ3) is 6.14. The highest BCUT2D eigenvalue weighted by Crippen LogP contribution is 2.27. The largest absolute Gasteiger partial charge is 0.461 e. The maximum Gasteiger partial charge on any atom is 0.338 e. The van der Waals surface area contributed by atoms with Crippen LogP contribution in [0.4, 0.5) is 0 Å². The molecule has 1 saturated carbocycles. The van der Waals surface area contributed by atoms with Gasteiger partial charge in [0, 0.05) is 0 Å². The molecule has 1 aliphatic rings. The minimum Gasteiger partial charge on any atom is -0.461 e. The Morgan fingerprint density at radius 1 is 1.19 bits per heavy atom. The Balaban J connectivity index is 2.06. The predicted octanol–water partition coefficient (Wildman–Crippen LogP) is 1.35. The number of hydrogen-bond donors (Lipinski definition) is 1. The number of hydrogen-bond acceptors (Lipinski definition) is 6. The van der Waals surface area contributed by atoms with Crippen LogP contribution in [0.3, 0.4) is 0 Å². The van der Waals surface area contributed by atoms with Crippen molar-refractivity contribution in [3.63, 3.8) is 0 Å². The zero-order valence-corrected chi connectivity index (χ0v) is 15.6. The molecule has 0 saturated heterocycles. The van der Waals surface area contributed by atoms with Gasteiger partial charge in [-0.1, -0.05) is 31.6 Å². The topological polar surface area (TPSA) is 107 Å². The van der Waals surface area contributed by atoms with E-state index in [0.29, 0.717) is 12.1 Å². The van der Waals surface area contributed by atoms with Gasteiger partial charge in [0.25, 0.3) is 10.1 Å². The van der Waals surface area contributed by atoms with Crippen molar-refractivity contribution >= 4 is 29.9 Å². The first-order valence-electron chi connectivity index (χ1n) is 8.77. The first kappa shape index (κ1) is 20.4. The van der Waals surface area contributed by atoms with Gasteiger partial charge < -0.3 is 9.47 Å². The highest BCUT2D eigenvalue weighted by Gasteiger charge is 2.24. The summed E-state index contributed by atoms with van der Waals surface area (Å²) in [5.41, 5.74) is 0.952. The number of benzene rings is 1. The van der Waals surface area contributed by atoms with E-state index in [1.54, 1.807) is 6.07 Å². The lowest BCUT2D eigenvalue weighted by atomic mass is 9.89. The molecule has 0 heterocycles. The second kappa shape index (κ2) is 9.18. The van der Waals surface area contributed by atoms with Crippen LogP contribution in [0.2, 0.25) is 0 Å². The van der Waals surface area contributed by atoms with E-state index in [2.05, 4.69) is 0 Å². The lowest BCUT2D eigenvalue weighted by molar-refractivity contribution is -0.140. The van der Waals surface area contributed by atoms with Crippen molar-refractivity contribution in [2.24, 2.45) is 5.92 Å². The van der Waals surface area contributed by atoms with E-state index in [4.69, 9.17) is 14.0 Å². The summed E-state index contributed by atoms with van der Waals surface area (Å²) in [6, 6.07) is 4.66. The van der Waals surface area contributed by atoms with Gasteiger partial charge in [0.1, 0.15) is 26.0 Å². The van der Waals surface area contributed by atoms with Crippen LogP contribution < -0.4 is 4.74 Å². The average Bonchev–Trinajstić information content (AvgIpc) is 2.61. The van der Waals surface area contributed by atoms with E-state index in [-0.39, 0.29) is 17.5 Å². The van der Waals surface area contributed by atoms with Crippen LogP contribution in [-0.2, 0) is 26.0 Å². The smallest absolute Gasteiger partial charge is 0.338 e. The summed E-state index contributed by atoms with van der Waals surface area (Å²) in [6.45, 7) is -0.454. The molecule has 0 amide bonds. The lowest BCUT2D eigenvalue weighted by Crippen LogP contribution is -2.23. The van der Waals surface area contributed by atoms with Crippen LogP contribution in [0.1, 0.15) is 48.0 Å².